The Morgan fingerprint density at radius 1 is 1.05 bits per heavy atom. The van der Waals surface area contributed by atoms with E-state index in [1.807, 2.05) is 6.92 Å². The van der Waals surface area contributed by atoms with E-state index in [0.29, 0.717) is 6.42 Å². The molecule has 1 N–H and O–H groups in total. The molecule has 0 heterocycles. The largest absolute Gasteiger partial charge is 0.423 e. The quantitative estimate of drug-likeness (QED) is 0.658. The molecule has 0 saturated heterocycles. The number of hydrogen-bond acceptors (Lipinski definition) is 5. The number of carbonyl (C=O) groups is 3. The molecule has 6 heteroatoms. The lowest BCUT2D eigenvalue weighted by atomic mass is 10.1. The second-order valence-electron chi connectivity index (χ2n) is 4.77. The fourth-order valence-electron chi connectivity index (χ4n) is 1.90. The van der Waals surface area contributed by atoms with Crippen molar-refractivity contribution in [2.45, 2.75) is 40.2 Å². The summed E-state index contributed by atoms with van der Waals surface area (Å²) in [5.41, 5.74) is 0.850. The highest BCUT2D eigenvalue weighted by atomic mass is 16.6. The highest BCUT2D eigenvalue weighted by Crippen LogP contribution is 2.29. The minimum Gasteiger partial charge on any atom is -0.423 e. The first-order valence-electron chi connectivity index (χ1n) is 6.54. The molecule has 0 fully saturated rings. The second kappa shape index (κ2) is 7.42. The summed E-state index contributed by atoms with van der Waals surface area (Å²) in [6.07, 6.45) is 0.564. The average Bonchev–Trinajstić information content (AvgIpc) is 2.30. The van der Waals surface area contributed by atoms with Crippen LogP contribution in [0.5, 0.6) is 11.5 Å². The number of benzene rings is 1. The molecule has 0 radical (unpaired) electrons. The predicted molar refractivity (Wildman–Crippen MR) is 76.0 cm³/mol. The molecule has 0 aliphatic rings. The monoisotopic (exact) mass is 293 g/mol. The third kappa shape index (κ3) is 6.07. The molecule has 114 valence electrons. The molecule has 1 aromatic carbocycles. The highest BCUT2D eigenvalue weighted by molar-refractivity contribution is 5.74. The molecule has 1 unspecified atom stereocenters. The van der Waals surface area contributed by atoms with Gasteiger partial charge in [0.2, 0.25) is 5.91 Å². The molecule has 1 aromatic rings. The van der Waals surface area contributed by atoms with Crippen LogP contribution in [0.3, 0.4) is 0 Å². The van der Waals surface area contributed by atoms with Crippen molar-refractivity contribution in [2.75, 3.05) is 0 Å². The topological polar surface area (TPSA) is 81.7 Å². The minimum atomic E-state index is -0.504. The van der Waals surface area contributed by atoms with Crippen molar-refractivity contribution < 1.29 is 23.9 Å². The van der Waals surface area contributed by atoms with Crippen LogP contribution < -0.4 is 14.8 Å². The predicted octanol–water partition coefficient (Wildman–Crippen LogP) is 1.60. The standard InChI is InChI=1S/C15H19NO5/c1-9(16-10(2)17)7-13-5-6-14(20-11(3)18)15(8-13)21-12(4)19/h5-6,8-9H,7H2,1-4H3,(H,16,17). The lowest BCUT2D eigenvalue weighted by molar-refractivity contribution is -0.134. The van der Waals surface area contributed by atoms with Gasteiger partial charge in [-0.2, -0.15) is 0 Å². The van der Waals surface area contributed by atoms with Crippen LogP contribution in [0.25, 0.3) is 0 Å². The molecule has 0 aliphatic carbocycles. The summed E-state index contributed by atoms with van der Waals surface area (Å²) >= 11 is 0. The smallest absolute Gasteiger partial charge is 0.308 e. The van der Waals surface area contributed by atoms with Gasteiger partial charge in [0.05, 0.1) is 0 Å². The van der Waals surface area contributed by atoms with Crippen LogP contribution in [-0.2, 0) is 20.8 Å². The van der Waals surface area contributed by atoms with E-state index < -0.39 is 11.9 Å². The zero-order valence-electron chi connectivity index (χ0n) is 12.6. The van der Waals surface area contributed by atoms with Crippen LogP contribution in [0.2, 0.25) is 0 Å². The van der Waals surface area contributed by atoms with Gasteiger partial charge in [-0.05, 0) is 31.0 Å². The number of amides is 1. The summed E-state index contributed by atoms with van der Waals surface area (Å²) in [7, 11) is 0. The van der Waals surface area contributed by atoms with Crippen LogP contribution in [0, 0.1) is 0 Å². The van der Waals surface area contributed by atoms with Crippen molar-refractivity contribution in [1.82, 2.24) is 5.32 Å². The molecule has 6 nitrogen and oxygen atoms in total. The summed E-state index contributed by atoms with van der Waals surface area (Å²) in [4.78, 5) is 33.1. The van der Waals surface area contributed by atoms with Gasteiger partial charge in [-0.3, -0.25) is 14.4 Å². The van der Waals surface area contributed by atoms with E-state index in [2.05, 4.69) is 5.32 Å². The van der Waals surface area contributed by atoms with E-state index >= 15 is 0 Å². The van der Waals surface area contributed by atoms with E-state index in [4.69, 9.17) is 9.47 Å². The van der Waals surface area contributed by atoms with Crippen molar-refractivity contribution in [3.05, 3.63) is 23.8 Å². The lowest BCUT2D eigenvalue weighted by Crippen LogP contribution is -2.32. The first-order chi connectivity index (χ1) is 9.77. The molecule has 21 heavy (non-hydrogen) atoms. The van der Waals surface area contributed by atoms with Crippen molar-refractivity contribution in [3.8, 4) is 11.5 Å². The summed E-state index contributed by atoms with van der Waals surface area (Å²) in [5, 5.41) is 2.77. The fraction of sp³-hybridized carbons (Fsp3) is 0.400. The van der Waals surface area contributed by atoms with Gasteiger partial charge in [-0.25, -0.2) is 0 Å². The number of nitrogens with one attached hydrogen (secondary N) is 1. The zero-order valence-corrected chi connectivity index (χ0v) is 12.6. The third-order valence-corrected chi connectivity index (χ3v) is 2.51. The van der Waals surface area contributed by atoms with Crippen LogP contribution in [0.15, 0.2) is 18.2 Å². The Morgan fingerprint density at radius 3 is 2.14 bits per heavy atom. The normalized spacial score (nSPS) is 11.4. The van der Waals surface area contributed by atoms with Crippen LogP contribution >= 0.6 is 0 Å². The van der Waals surface area contributed by atoms with Gasteiger partial charge in [-0.15, -0.1) is 0 Å². The molecule has 0 spiro atoms. The van der Waals surface area contributed by atoms with Gasteiger partial charge in [0, 0.05) is 26.8 Å². The Kier molecular flexibility index (Phi) is 5.90. The van der Waals surface area contributed by atoms with Crippen LogP contribution in [-0.4, -0.2) is 23.9 Å². The molecule has 0 bridgehead atoms. The van der Waals surface area contributed by atoms with Gasteiger partial charge in [-0.1, -0.05) is 6.07 Å². The van der Waals surface area contributed by atoms with Crippen molar-refractivity contribution in [1.29, 1.82) is 0 Å². The minimum absolute atomic E-state index is 0.0627. The summed E-state index contributed by atoms with van der Waals surface area (Å²) in [6, 6.07) is 4.88. The SMILES string of the molecule is CC(=O)NC(C)Cc1ccc(OC(C)=O)c(OC(C)=O)c1. The maximum absolute atomic E-state index is 11.1. The lowest BCUT2D eigenvalue weighted by Gasteiger charge is -2.14. The Morgan fingerprint density at radius 2 is 1.62 bits per heavy atom. The molecule has 1 amide bonds. The second-order valence-corrected chi connectivity index (χ2v) is 4.77. The number of rotatable bonds is 5. The van der Waals surface area contributed by atoms with E-state index in [9.17, 15) is 14.4 Å². The van der Waals surface area contributed by atoms with E-state index in [1.54, 1.807) is 18.2 Å². The van der Waals surface area contributed by atoms with Crippen molar-refractivity contribution in [2.24, 2.45) is 0 Å². The number of ether oxygens (including phenoxy) is 2. The van der Waals surface area contributed by atoms with Gasteiger partial charge in [0.25, 0.3) is 0 Å². The Balaban J connectivity index is 2.94. The van der Waals surface area contributed by atoms with Gasteiger partial charge < -0.3 is 14.8 Å². The molecule has 1 atom stereocenters. The molecular weight excluding hydrogens is 274 g/mol. The van der Waals surface area contributed by atoms with Crippen molar-refractivity contribution in [3.63, 3.8) is 0 Å². The van der Waals surface area contributed by atoms with E-state index in [1.165, 1.54) is 20.8 Å². The first-order valence-corrected chi connectivity index (χ1v) is 6.54. The summed E-state index contributed by atoms with van der Waals surface area (Å²) < 4.78 is 10.0. The van der Waals surface area contributed by atoms with Gasteiger partial charge >= 0.3 is 11.9 Å². The van der Waals surface area contributed by atoms with Gasteiger partial charge in [0.15, 0.2) is 11.5 Å². The van der Waals surface area contributed by atoms with E-state index in [-0.39, 0.29) is 23.4 Å². The molecule has 0 aliphatic heterocycles. The van der Waals surface area contributed by atoms with Gasteiger partial charge in [0.1, 0.15) is 0 Å². The third-order valence-electron chi connectivity index (χ3n) is 2.51. The first kappa shape index (κ1) is 16.7. The number of hydrogen-bond donors (Lipinski definition) is 1. The molecule has 0 saturated carbocycles. The maximum atomic E-state index is 11.1. The number of esters is 2. The number of carbonyl (C=O) groups excluding carboxylic acids is 3. The Labute approximate surface area is 123 Å². The summed E-state index contributed by atoms with van der Waals surface area (Å²) in [6.45, 7) is 5.85. The van der Waals surface area contributed by atoms with Crippen LogP contribution in [0.1, 0.15) is 33.3 Å². The zero-order chi connectivity index (χ0) is 16.0. The average molecular weight is 293 g/mol. The van der Waals surface area contributed by atoms with Crippen LogP contribution in [0.4, 0.5) is 0 Å². The van der Waals surface area contributed by atoms with E-state index in [0.717, 1.165) is 5.56 Å². The highest BCUT2D eigenvalue weighted by Gasteiger charge is 2.13. The fourth-order valence-corrected chi connectivity index (χ4v) is 1.90. The maximum Gasteiger partial charge on any atom is 0.308 e. The molecular formula is C15H19NO5. The summed E-state index contributed by atoms with van der Waals surface area (Å²) in [5.74, 6) is -0.740. The Bertz CT molecular complexity index is 553. The molecule has 1 rings (SSSR count). The molecule has 0 aromatic heterocycles. The Hall–Kier alpha value is -2.37. The van der Waals surface area contributed by atoms with Crippen molar-refractivity contribution >= 4 is 17.8 Å².